The van der Waals surface area contributed by atoms with Crippen LogP contribution in [0.15, 0.2) is 53.0 Å². The van der Waals surface area contributed by atoms with Gasteiger partial charge in [0, 0.05) is 10.0 Å². The molecule has 0 radical (unpaired) electrons. The quantitative estimate of drug-likeness (QED) is 0.710. The Morgan fingerprint density at radius 2 is 1.30 bits per heavy atom. The normalized spacial score (nSPS) is 15.3. The first-order chi connectivity index (χ1) is 10.5. The molecule has 2 rings (SSSR count). The molecule has 23 heavy (non-hydrogen) atoms. The van der Waals surface area contributed by atoms with Crippen LogP contribution in [0.5, 0.6) is 0 Å². The van der Waals surface area contributed by atoms with E-state index in [1.807, 2.05) is 0 Å². The molecule has 2 aromatic carbocycles. The van der Waals surface area contributed by atoms with Crippen molar-refractivity contribution in [1.29, 1.82) is 0 Å². The van der Waals surface area contributed by atoms with Crippen molar-refractivity contribution in [3.05, 3.63) is 69.7 Å². The molecule has 2 aromatic rings. The van der Waals surface area contributed by atoms with Gasteiger partial charge in [-0.15, -0.1) is 0 Å². The average Bonchev–Trinajstić information content (AvgIpc) is 2.46. The van der Waals surface area contributed by atoms with Gasteiger partial charge in [-0.1, -0.05) is 58.4 Å². The fraction of sp³-hybridized carbons (Fsp3) is 0.250. The van der Waals surface area contributed by atoms with Gasteiger partial charge in [-0.25, -0.2) is 0 Å². The predicted molar refractivity (Wildman–Crippen MR) is 79.3 cm³/mol. The van der Waals surface area contributed by atoms with Gasteiger partial charge in [0.1, 0.15) is 0 Å². The molecule has 1 atom stereocenters. The van der Waals surface area contributed by atoms with Crippen molar-refractivity contribution in [1.82, 2.24) is 0 Å². The van der Waals surface area contributed by atoms with Crippen LogP contribution in [-0.4, -0.2) is 17.2 Å². The first-order valence-corrected chi connectivity index (χ1v) is 7.31. The second kappa shape index (κ2) is 5.87. The van der Waals surface area contributed by atoms with Crippen molar-refractivity contribution in [2.24, 2.45) is 0 Å². The maximum absolute atomic E-state index is 14.3. The molecule has 0 bridgehead atoms. The fourth-order valence-corrected chi connectivity index (χ4v) is 2.99. The maximum atomic E-state index is 14.3. The third kappa shape index (κ3) is 2.76. The molecule has 0 aliphatic heterocycles. The van der Waals surface area contributed by atoms with Crippen LogP contribution in [0, 0.1) is 6.92 Å². The van der Waals surface area contributed by atoms with Crippen molar-refractivity contribution in [3.8, 4) is 0 Å². The molecular weight excluding hydrogens is 383 g/mol. The SMILES string of the molecule is Cc1ccccc1C(O)(c1ccccc1Br)C(F)(F)C(F)(F)F. The van der Waals surface area contributed by atoms with Gasteiger partial charge >= 0.3 is 12.1 Å². The highest BCUT2D eigenvalue weighted by Crippen LogP contribution is 2.53. The van der Waals surface area contributed by atoms with Gasteiger partial charge in [-0.05, 0) is 24.1 Å². The highest BCUT2D eigenvalue weighted by atomic mass is 79.9. The molecule has 1 nitrogen and oxygen atoms in total. The topological polar surface area (TPSA) is 20.2 Å². The van der Waals surface area contributed by atoms with Crippen molar-refractivity contribution < 1.29 is 27.1 Å². The number of hydrogen-bond acceptors (Lipinski definition) is 1. The summed E-state index contributed by atoms with van der Waals surface area (Å²) < 4.78 is 67.7. The van der Waals surface area contributed by atoms with Crippen molar-refractivity contribution in [2.75, 3.05) is 0 Å². The molecule has 0 amide bonds. The van der Waals surface area contributed by atoms with E-state index in [9.17, 15) is 27.1 Å². The summed E-state index contributed by atoms with van der Waals surface area (Å²) in [4.78, 5) is 0. The lowest BCUT2D eigenvalue weighted by molar-refractivity contribution is -0.336. The number of aryl methyl sites for hydroxylation is 1. The van der Waals surface area contributed by atoms with Gasteiger partial charge in [0.05, 0.1) is 0 Å². The fourth-order valence-electron chi connectivity index (χ4n) is 2.42. The highest BCUT2D eigenvalue weighted by molar-refractivity contribution is 9.10. The summed E-state index contributed by atoms with van der Waals surface area (Å²) >= 11 is 2.95. The zero-order valence-corrected chi connectivity index (χ0v) is 13.4. The van der Waals surface area contributed by atoms with Gasteiger partial charge in [0.25, 0.3) is 0 Å². The Hall–Kier alpha value is -1.47. The van der Waals surface area contributed by atoms with Crippen molar-refractivity contribution in [3.63, 3.8) is 0 Å². The summed E-state index contributed by atoms with van der Waals surface area (Å²) in [7, 11) is 0. The van der Waals surface area contributed by atoms with Crippen LogP contribution in [0.3, 0.4) is 0 Å². The van der Waals surface area contributed by atoms with E-state index in [2.05, 4.69) is 15.9 Å². The minimum absolute atomic E-state index is 0.0466. The Bertz CT molecular complexity index is 666. The van der Waals surface area contributed by atoms with Crippen molar-refractivity contribution in [2.45, 2.75) is 24.6 Å². The molecule has 0 heterocycles. The number of rotatable bonds is 3. The Morgan fingerprint density at radius 3 is 1.78 bits per heavy atom. The molecular formula is C16H12BrF5O. The van der Waals surface area contributed by atoms with E-state index in [4.69, 9.17) is 0 Å². The molecule has 0 aliphatic rings. The molecule has 0 spiro atoms. The van der Waals surface area contributed by atoms with Gasteiger partial charge in [0.2, 0.25) is 0 Å². The first kappa shape index (κ1) is 17.9. The zero-order valence-electron chi connectivity index (χ0n) is 11.8. The van der Waals surface area contributed by atoms with Crippen LogP contribution in [-0.2, 0) is 5.60 Å². The van der Waals surface area contributed by atoms with E-state index >= 15 is 0 Å². The number of hydrogen-bond donors (Lipinski definition) is 1. The molecule has 0 aliphatic carbocycles. The van der Waals surface area contributed by atoms with Gasteiger partial charge in [-0.2, -0.15) is 22.0 Å². The summed E-state index contributed by atoms with van der Waals surface area (Å²) in [5.41, 5.74) is -4.50. The third-order valence-corrected chi connectivity index (χ3v) is 4.30. The summed E-state index contributed by atoms with van der Waals surface area (Å²) in [6, 6.07) is 10.3. The molecule has 124 valence electrons. The largest absolute Gasteiger partial charge is 0.457 e. The van der Waals surface area contributed by atoms with Gasteiger partial charge in [0.15, 0.2) is 5.60 Å². The number of aliphatic hydroxyl groups is 1. The Morgan fingerprint density at radius 1 is 0.826 bits per heavy atom. The molecule has 7 heteroatoms. The summed E-state index contributed by atoms with van der Waals surface area (Å²) in [6.45, 7) is 1.36. The third-order valence-electron chi connectivity index (χ3n) is 3.61. The van der Waals surface area contributed by atoms with E-state index in [1.165, 1.54) is 43.3 Å². The minimum atomic E-state index is -5.93. The second-order valence-electron chi connectivity index (χ2n) is 5.08. The lowest BCUT2D eigenvalue weighted by atomic mass is 9.78. The molecule has 0 fully saturated rings. The van der Waals surface area contributed by atoms with Crippen LogP contribution in [0.1, 0.15) is 16.7 Å². The van der Waals surface area contributed by atoms with Crippen LogP contribution in [0.4, 0.5) is 22.0 Å². The van der Waals surface area contributed by atoms with Crippen LogP contribution in [0.25, 0.3) is 0 Å². The van der Waals surface area contributed by atoms with Crippen LogP contribution >= 0.6 is 15.9 Å². The van der Waals surface area contributed by atoms with Crippen LogP contribution < -0.4 is 0 Å². The van der Waals surface area contributed by atoms with Gasteiger partial charge in [-0.3, -0.25) is 0 Å². The van der Waals surface area contributed by atoms with Gasteiger partial charge < -0.3 is 5.11 Å². The standard InChI is InChI=1S/C16H12BrF5O/c1-10-6-2-3-7-11(10)14(23,15(18,19)16(20,21)22)12-8-4-5-9-13(12)17/h2-9,23H,1H3. The summed E-state index contributed by atoms with van der Waals surface area (Å²) in [5.74, 6) is -5.39. The smallest absolute Gasteiger partial charge is 0.374 e. The molecule has 0 saturated carbocycles. The number of halogens is 6. The number of alkyl halides is 5. The number of benzene rings is 2. The van der Waals surface area contributed by atoms with Crippen LogP contribution in [0.2, 0.25) is 0 Å². The minimum Gasteiger partial charge on any atom is -0.374 e. The zero-order chi connectivity index (χ0) is 17.5. The lowest BCUT2D eigenvalue weighted by Gasteiger charge is -2.38. The van der Waals surface area contributed by atoms with Crippen molar-refractivity contribution >= 4 is 15.9 Å². The second-order valence-corrected chi connectivity index (χ2v) is 5.93. The van der Waals surface area contributed by atoms with E-state index in [0.29, 0.717) is 0 Å². The van der Waals surface area contributed by atoms with E-state index in [0.717, 1.165) is 12.1 Å². The average molecular weight is 395 g/mol. The molecule has 1 unspecified atom stereocenters. The first-order valence-electron chi connectivity index (χ1n) is 6.51. The Labute approximate surface area is 137 Å². The summed E-state index contributed by atoms with van der Waals surface area (Å²) in [5, 5.41) is 10.7. The predicted octanol–water partition coefficient (Wildman–Crippen LogP) is 5.19. The summed E-state index contributed by atoms with van der Waals surface area (Å²) in [6.07, 6.45) is -5.93. The monoisotopic (exact) mass is 394 g/mol. The Balaban J connectivity index is 2.87. The maximum Gasteiger partial charge on any atom is 0.457 e. The molecule has 0 saturated heterocycles. The lowest BCUT2D eigenvalue weighted by Crippen LogP contribution is -2.56. The molecule has 0 aromatic heterocycles. The van der Waals surface area contributed by atoms with E-state index in [-0.39, 0.29) is 10.0 Å². The van der Waals surface area contributed by atoms with E-state index < -0.39 is 28.8 Å². The van der Waals surface area contributed by atoms with E-state index in [1.54, 1.807) is 0 Å². The molecule has 1 N–H and O–H groups in total. The highest BCUT2D eigenvalue weighted by Gasteiger charge is 2.71. The Kier molecular flexibility index (Phi) is 4.56.